The van der Waals surface area contributed by atoms with Gasteiger partial charge in [-0.1, -0.05) is 64.2 Å². The second-order valence-electron chi connectivity index (χ2n) is 13.0. The van der Waals surface area contributed by atoms with Gasteiger partial charge in [0.15, 0.2) is 14.1 Å². The molecule has 0 spiro atoms. The fourth-order valence-electron chi connectivity index (χ4n) is 3.96. The third-order valence-corrected chi connectivity index (χ3v) is 12.5. The molecule has 0 aromatic heterocycles. The average molecular weight is 583 g/mol. The summed E-state index contributed by atoms with van der Waals surface area (Å²) in [5, 5.41) is 11.3. The van der Waals surface area contributed by atoms with Crippen LogP contribution in [0.4, 0.5) is 0 Å². The minimum atomic E-state index is -2.23. The molecule has 5 atom stereocenters. The van der Waals surface area contributed by atoms with Crippen LogP contribution in [0.2, 0.25) is 37.8 Å². The van der Waals surface area contributed by atoms with E-state index in [2.05, 4.69) is 65.0 Å². The highest BCUT2D eigenvalue weighted by Gasteiger charge is 2.47. The van der Waals surface area contributed by atoms with Crippen LogP contribution in [0, 0.1) is 11.5 Å². The molecule has 0 amide bonds. The third kappa shape index (κ3) is 12.9. The Bertz CT molecular complexity index is 905. The molecule has 1 saturated heterocycles. The fourth-order valence-corrected chi connectivity index (χ4v) is 5.85. The molecule has 1 rings (SSSR count). The van der Waals surface area contributed by atoms with Crippen LogP contribution in [0.1, 0.15) is 60.3 Å². The van der Waals surface area contributed by atoms with Crippen molar-refractivity contribution in [2.45, 2.75) is 128 Å². The molecule has 0 aromatic rings. The van der Waals surface area contributed by atoms with Crippen LogP contribution in [0.5, 0.6) is 0 Å². The summed E-state index contributed by atoms with van der Waals surface area (Å²) in [5.74, 6) is 1.08. The first kappa shape index (κ1) is 35.8. The van der Waals surface area contributed by atoms with Crippen LogP contribution in [-0.4, -0.2) is 78.5 Å². The smallest absolute Gasteiger partial charge is 0.311 e. The standard InChI is InChI=1S/C30H54O7Si2/c1-13-35-28(31)22-30(32)21-25(34-7)20-26(36-30)27(37-39(11,12)29(3,4)5)19-23(2)16-17-24(33-6)15-14-18-38(8,9)10/h16-17,19,24-27,32H,13,15,20-22H2,1-12H3/b17-16+,23-19+/t24-,25-,26-,27-,30+/m1/s1. The Morgan fingerprint density at radius 1 is 1.21 bits per heavy atom. The minimum absolute atomic E-state index is 0.0322. The quantitative estimate of drug-likeness (QED) is 0.131. The van der Waals surface area contributed by atoms with Crippen molar-refractivity contribution in [3.05, 3.63) is 23.8 Å². The highest BCUT2D eigenvalue weighted by Crippen LogP contribution is 2.40. The summed E-state index contributed by atoms with van der Waals surface area (Å²) >= 11 is 0. The van der Waals surface area contributed by atoms with Crippen LogP contribution >= 0.6 is 0 Å². The fraction of sp³-hybridized carbons (Fsp3) is 0.767. The van der Waals surface area contributed by atoms with Gasteiger partial charge in [-0.05, 0) is 32.0 Å². The molecule has 1 N–H and O–H groups in total. The van der Waals surface area contributed by atoms with Crippen LogP contribution in [0.15, 0.2) is 23.8 Å². The van der Waals surface area contributed by atoms with Crippen LogP contribution in [-0.2, 0) is 28.2 Å². The second-order valence-corrected chi connectivity index (χ2v) is 22.5. The number of aliphatic hydroxyl groups is 1. The van der Waals surface area contributed by atoms with E-state index >= 15 is 0 Å². The lowest BCUT2D eigenvalue weighted by Gasteiger charge is -2.45. The molecule has 1 aliphatic rings. The molecule has 0 saturated carbocycles. The Kier molecular flexibility index (Phi) is 13.9. The van der Waals surface area contributed by atoms with Crippen molar-refractivity contribution in [2.75, 3.05) is 20.8 Å². The van der Waals surface area contributed by atoms with E-state index in [1.807, 2.05) is 25.2 Å². The summed E-state index contributed by atoms with van der Waals surface area (Å²) in [6, 6.07) is 0. The van der Waals surface area contributed by atoms with E-state index in [0.29, 0.717) is 12.8 Å². The Hall–Kier alpha value is -1.26. The van der Waals surface area contributed by atoms with Crippen LogP contribution < -0.4 is 0 Å². The lowest BCUT2D eigenvalue weighted by molar-refractivity contribution is -0.286. The van der Waals surface area contributed by atoms with E-state index in [1.165, 1.54) is 0 Å². The molecule has 224 valence electrons. The van der Waals surface area contributed by atoms with Crippen molar-refractivity contribution < 1.29 is 33.3 Å². The molecular formula is C30H54O7Si2. The maximum atomic E-state index is 12.3. The van der Waals surface area contributed by atoms with Crippen molar-refractivity contribution in [2.24, 2.45) is 0 Å². The molecule has 0 radical (unpaired) electrons. The zero-order valence-electron chi connectivity index (χ0n) is 26.5. The van der Waals surface area contributed by atoms with Gasteiger partial charge in [-0.3, -0.25) is 4.79 Å². The van der Waals surface area contributed by atoms with Gasteiger partial charge in [0.05, 0.1) is 37.4 Å². The number of hydrogen-bond donors (Lipinski definition) is 1. The summed E-state index contributed by atoms with van der Waals surface area (Å²) in [6.07, 6.45) is 5.80. The van der Waals surface area contributed by atoms with Gasteiger partial charge in [-0.25, -0.2) is 0 Å². The van der Waals surface area contributed by atoms with Crippen molar-refractivity contribution >= 4 is 22.4 Å². The average Bonchev–Trinajstić information content (AvgIpc) is 2.78. The molecule has 1 heterocycles. The molecule has 7 nitrogen and oxygen atoms in total. The zero-order valence-corrected chi connectivity index (χ0v) is 28.5. The first-order valence-corrected chi connectivity index (χ1v) is 20.4. The number of carbonyl (C=O) groups excluding carboxylic acids is 1. The van der Waals surface area contributed by atoms with E-state index in [-0.39, 0.29) is 36.7 Å². The van der Waals surface area contributed by atoms with Crippen LogP contribution in [0.3, 0.4) is 0 Å². The SMILES string of the molecule is CCOC(=O)C[C@]1(O)C[C@H](OC)C[C@H]([C@@H](/C=C(C)/C=C/[C@@H](CC#C[Si](C)(C)C)OC)O[Si](C)(C)C(C)(C)C)O1. The first-order chi connectivity index (χ1) is 17.8. The molecule has 1 fully saturated rings. The van der Waals surface area contributed by atoms with E-state index in [0.717, 1.165) is 5.57 Å². The van der Waals surface area contributed by atoms with E-state index in [9.17, 15) is 9.90 Å². The number of rotatable bonds is 12. The van der Waals surface area contributed by atoms with Gasteiger partial charge in [0.1, 0.15) is 8.07 Å². The normalized spacial score (nSPS) is 24.7. The topological polar surface area (TPSA) is 83.5 Å². The molecule has 0 unspecified atom stereocenters. The Morgan fingerprint density at radius 3 is 2.36 bits per heavy atom. The highest BCUT2D eigenvalue weighted by molar-refractivity contribution is 6.83. The summed E-state index contributed by atoms with van der Waals surface area (Å²) < 4.78 is 29.5. The Balaban J connectivity index is 3.32. The monoisotopic (exact) mass is 582 g/mol. The van der Waals surface area contributed by atoms with E-state index in [4.69, 9.17) is 23.4 Å². The van der Waals surface area contributed by atoms with E-state index < -0.39 is 40.4 Å². The number of methoxy groups -OCH3 is 2. The van der Waals surface area contributed by atoms with Gasteiger partial charge in [0, 0.05) is 33.5 Å². The third-order valence-electron chi connectivity index (χ3n) is 7.15. The zero-order chi connectivity index (χ0) is 30.1. The largest absolute Gasteiger partial charge is 0.466 e. The summed E-state index contributed by atoms with van der Waals surface area (Å²) in [4.78, 5) is 12.3. The number of ether oxygens (including phenoxy) is 4. The van der Waals surface area contributed by atoms with Gasteiger partial charge >= 0.3 is 5.97 Å². The Morgan fingerprint density at radius 2 is 1.85 bits per heavy atom. The van der Waals surface area contributed by atoms with Crippen LogP contribution in [0.25, 0.3) is 0 Å². The second kappa shape index (κ2) is 15.1. The molecule has 9 heteroatoms. The predicted molar refractivity (Wildman–Crippen MR) is 163 cm³/mol. The number of esters is 1. The maximum absolute atomic E-state index is 12.3. The first-order valence-electron chi connectivity index (χ1n) is 14.0. The van der Waals surface area contributed by atoms with Gasteiger partial charge < -0.3 is 28.5 Å². The minimum Gasteiger partial charge on any atom is -0.466 e. The van der Waals surface area contributed by atoms with Crippen molar-refractivity contribution in [1.82, 2.24) is 0 Å². The molecule has 0 aliphatic carbocycles. The van der Waals surface area contributed by atoms with Crippen molar-refractivity contribution in [3.63, 3.8) is 0 Å². The summed E-state index contributed by atoms with van der Waals surface area (Å²) in [6.45, 7) is 21.6. The predicted octanol–water partition coefficient (Wildman–Crippen LogP) is 6.00. The molecule has 1 aliphatic heterocycles. The van der Waals surface area contributed by atoms with Gasteiger partial charge in [-0.15, -0.1) is 11.5 Å². The summed E-state index contributed by atoms with van der Waals surface area (Å²) in [5.41, 5.74) is 4.37. The highest BCUT2D eigenvalue weighted by atomic mass is 28.4. The number of carbonyl (C=O) groups is 1. The van der Waals surface area contributed by atoms with Gasteiger partial charge in [0.2, 0.25) is 0 Å². The molecular weight excluding hydrogens is 528 g/mol. The van der Waals surface area contributed by atoms with E-state index in [1.54, 1.807) is 21.1 Å². The molecule has 0 aromatic carbocycles. The van der Waals surface area contributed by atoms with Gasteiger partial charge in [-0.2, -0.15) is 0 Å². The van der Waals surface area contributed by atoms with Crippen molar-refractivity contribution in [3.8, 4) is 11.5 Å². The molecule has 39 heavy (non-hydrogen) atoms. The van der Waals surface area contributed by atoms with Gasteiger partial charge in [0.25, 0.3) is 0 Å². The lowest BCUT2D eigenvalue weighted by atomic mass is 9.93. The Labute approximate surface area is 239 Å². The molecule has 0 bridgehead atoms. The summed E-state index contributed by atoms with van der Waals surface area (Å²) in [7, 11) is -0.361. The number of hydrogen-bond acceptors (Lipinski definition) is 7. The van der Waals surface area contributed by atoms with Crippen molar-refractivity contribution in [1.29, 1.82) is 0 Å². The number of allylic oxidation sites excluding steroid dienone is 2. The lowest BCUT2D eigenvalue weighted by Crippen LogP contribution is -2.54. The maximum Gasteiger partial charge on any atom is 0.311 e.